The van der Waals surface area contributed by atoms with Crippen molar-refractivity contribution in [1.82, 2.24) is 14.3 Å². The van der Waals surface area contributed by atoms with Gasteiger partial charge in [0.05, 0.1) is 17.4 Å². The fourth-order valence-electron chi connectivity index (χ4n) is 3.13. The summed E-state index contributed by atoms with van der Waals surface area (Å²) in [7, 11) is 1.82. The number of para-hydroxylation sites is 1. The molecular formula is C21H20N4O. The molecule has 0 atom stereocenters. The van der Waals surface area contributed by atoms with Crippen LogP contribution in [-0.2, 0) is 13.6 Å². The van der Waals surface area contributed by atoms with E-state index in [1.54, 1.807) is 17.1 Å². The summed E-state index contributed by atoms with van der Waals surface area (Å²) in [5.74, 6) is -0.128. The molecule has 0 aliphatic carbocycles. The van der Waals surface area contributed by atoms with Gasteiger partial charge in [0.25, 0.3) is 5.91 Å². The van der Waals surface area contributed by atoms with E-state index in [9.17, 15) is 4.79 Å². The Morgan fingerprint density at radius 2 is 1.85 bits per heavy atom. The number of anilines is 1. The molecule has 130 valence electrons. The molecule has 0 saturated carbocycles. The second-order valence-electron chi connectivity index (χ2n) is 6.53. The Balaban J connectivity index is 1.69. The van der Waals surface area contributed by atoms with E-state index in [1.165, 1.54) is 11.1 Å². The summed E-state index contributed by atoms with van der Waals surface area (Å²) < 4.78 is 3.79. The third-order valence-electron chi connectivity index (χ3n) is 4.47. The molecule has 1 amide bonds. The summed E-state index contributed by atoms with van der Waals surface area (Å²) >= 11 is 0. The van der Waals surface area contributed by atoms with Gasteiger partial charge in [-0.1, -0.05) is 48.0 Å². The lowest BCUT2D eigenvalue weighted by Gasteiger charge is -2.06. The summed E-state index contributed by atoms with van der Waals surface area (Å²) in [5.41, 5.74) is 4.84. The number of rotatable bonds is 4. The maximum atomic E-state index is 12.8. The molecule has 0 saturated heterocycles. The number of aromatic nitrogens is 3. The number of aryl methyl sites for hydroxylation is 2. The van der Waals surface area contributed by atoms with Crippen LogP contribution < -0.4 is 5.32 Å². The smallest absolute Gasteiger partial charge is 0.257 e. The molecule has 2 aromatic carbocycles. The highest BCUT2D eigenvalue weighted by Gasteiger charge is 2.15. The zero-order valence-electron chi connectivity index (χ0n) is 14.8. The Bertz CT molecular complexity index is 1070. The van der Waals surface area contributed by atoms with E-state index < -0.39 is 0 Å². The molecule has 4 rings (SSSR count). The second kappa shape index (κ2) is 6.52. The lowest BCUT2D eigenvalue weighted by Crippen LogP contribution is -2.11. The van der Waals surface area contributed by atoms with E-state index in [-0.39, 0.29) is 5.91 Å². The standard InChI is InChI=1S/C21H20N4O/c1-15-7-9-16(10-8-15)12-25-14-19(18-5-3-4-6-20(18)25)21(26)23-17-11-22-24(2)13-17/h3-11,13-14H,12H2,1-2H3,(H,23,26). The Morgan fingerprint density at radius 1 is 1.08 bits per heavy atom. The van der Waals surface area contributed by atoms with Crippen LogP contribution in [0.1, 0.15) is 21.5 Å². The van der Waals surface area contributed by atoms with Crippen molar-refractivity contribution >= 4 is 22.5 Å². The van der Waals surface area contributed by atoms with Crippen molar-refractivity contribution in [2.75, 3.05) is 5.32 Å². The number of carbonyl (C=O) groups excluding carboxylic acids is 1. The zero-order valence-corrected chi connectivity index (χ0v) is 14.8. The van der Waals surface area contributed by atoms with Crippen LogP contribution in [0.4, 0.5) is 5.69 Å². The van der Waals surface area contributed by atoms with Crippen molar-refractivity contribution in [3.63, 3.8) is 0 Å². The van der Waals surface area contributed by atoms with Crippen molar-refractivity contribution in [2.45, 2.75) is 13.5 Å². The molecule has 2 aromatic heterocycles. The van der Waals surface area contributed by atoms with Crippen LogP contribution in [0.25, 0.3) is 10.9 Å². The van der Waals surface area contributed by atoms with Gasteiger partial charge in [-0.15, -0.1) is 0 Å². The Hall–Kier alpha value is -3.34. The predicted octanol–water partition coefficient (Wildman–Crippen LogP) is 3.98. The molecule has 0 fully saturated rings. The minimum Gasteiger partial charge on any atom is -0.342 e. The number of amides is 1. The highest BCUT2D eigenvalue weighted by atomic mass is 16.1. The van der Waals surface area contributed by atoms with E-state index in [0.29, 0.717) is 11.3 Å². The third kappa shape index (κ3) is 3.11. The molecule has 4 aromatic rings. The normalized spacial score (nSPS) is 11.0. The molecule has 5 nitrogen and oxygen atoms in total. The Kier molecular flexibility index (Phi) is 4.05. The van der Waals surface area contributed by atoms with Crippen molar-refractivity contribution in [1.29, 1.82) is 0 Å². The van der Waals surface area contributed by atoms with Crippen LogP contribution in [0.5, 0.6) is 0 Å². The SMILES string of the molecule is Cc1ccc(Cn2cc(C(=O)Nc3cnn(C)c3)c3ccccc32)cc1. The first-order chi connectivity index (χ1) is 12.6. The first-order valence-electron chi connectivity index (χ1n) is 8.53. The number of nitrogens with one attached hydrogen (secondary N) is 1. The van der Waals surface area contributed by atoms with Gasteiger partial charge >= 0.3 is 0 Å². The maximum absolute atomic E-state index is 12.8. The summed E-state index contributed by atoms with van der Waals surface area (Å²) in [6.07, 6.45) is 5.35. The molecule has 0 spiro atoms. The number of hydrogen-bond acceptors (Lipinski definition) is 2. The lowest BCUT2D eigenvalue weighted by atomic mass is 10.1. The topological polar surface area (TPSA) is 51.9 Å². The van der Waals surface area contributed by atoms with E-state index >= 15 is 0 Å². The largest absolute Gasteiger partial charge is 0.342 e. The quantitative estimate of drug-likeness (QED) is 0.609. The number of hydrogen-bond donors (Lipinski definition) is 1. The average molecular weight is 344 g/mol. The van der Waals surface area contributed by atoms with Crippen LogP contribution in [0.3, 0.4) is 0 Å². The summed E-state index contributed by atoms with van der Waals surface area (Å²) in [6, 6.07) is 16.5. The lowest BCUT2D eigenvalue weighted by molar-refractivity contribution is 0.102. The van der Waals surface area contributed by atoms with Gasteiger partial charge in [0.1, 0.15) is 0 Å². The van der Waals surface area contributed by atoms with Crippen LogP contribution in [0.15, 0.2) is 67.1 Å². The van der Waals surface area contributed by atoms with Crippen molar-refractivity contribution in [2.24, 2.45) is 7.05 Å². The minimum atomic E-state index is -0.128. The van der Waals surface area contributed by atoms with Gasteiger partial charge in [-0.2, -0.15) is 5.10 Å². The molecule has 2 heterocycles. The number of carbonyl (C=O) groups is 1. The molecule has 0 aliphatic rings. The number of nitrogens with zero attached hydrogens (tertiary/aromatic N) is 3. The average Bonchev–Trinajstić information content (AvgIpc) is 3.21. The maximum Gasteiger partial charge on any atom is 0.257 e. The molecule has 0 radical (unpaired) electrons. The molecule has 1 N–H and O–H groups in total. The van der Waals surface area contributed by atoms with Gasteiger partial charge in [0, 0.05) is 36.9 Å². The van der Waals surface area contributed by atoms with Crippen LogP contribution in [-0.4, -0.2) is 20.3 Å². The highest BCUT2D eigenvalue weighted by molar-refractivity contribution is 6.12. The number of benzene rings is 2. The monoisotopic (exact) mass is 344 g/mol. The summed E-state index contributed by atoms with van der Waals surface area (Å²) in [5, 5.41) is 7.96. The molecule has 5 heteroatoms. The van der Waals surface area contributed by atoms with E-state index in [0.717, 1.165) is 17.4 Å². The summed E-state index contributed by atoms with van der Waals surface area (Å²) in [4.78, 5) is 12.8. The fraction of sp³-hybridized carbons (Fsp3) is 0.143. The van der Waals surface area contributed by atoms with Crippen LogP contribution in [0.2, 0.25) is 0 Å². The van der Waals surface area contributed by atoms with E-state index in [4.69, 9.17) is 0 Å². The zero-order chi connectivity index (χ0) is 18.1. The van der Waals surface area contributed by atoms with Gasteiger partial charge in [-0.05, 0) is 18.6 Å². The molecule has 0 bridgehead atoms. The van der Waals surface area contributed by atoms with E-state index in [2.05, 4.69) is 46.2 Å². The first-order valence-corrected chi connectivity index (χ1v) is 8.53. The number of fused-ring (bicyclic) bond motifs is 1. The van der Waals surface area contributed by atoms with Crippen molar-refractivity contribution in [3.05, 3.63) is 83.8 Å². The van der Waals surface area contributed by atoms with Crippen molar-refractivity contribution < 1.29 is 4.79 Å². The van der Waals surface area contributed by atoms with Gasteiger partial charge in [-0.3, -0.25) is 9.48 Å². The molecule has 0 unspecified atom stereocenters. The fourth-order valence-corrected chi connectivity index (χ4v) is 3.13. The van der Waals surface area contributed by atoms with Gasteiger partial charge in [0.15, 0.2) is 0 Å². The van der Waals surface area contributed by atoms with Gasteiger partial charge in [0.2, 0.25) is 0 Å². The van der Waals surface area contributed by atoms with Gasteiger partial charge in [-0.25, -0.2) is 0 Å². The first kappa shape index (κ1) is 16.1. The minimum absolute atomic E-state index is 0.128. The molecule has 26 heavy (non-hydrogen) atoms. The molecule has 0 aliphatic heterocycles. The van der Waals surface area contributed by atoms with Gasteiger partial charge < -0.3 is 9.88 Å². The second-order valence-corrected chi connectivity index (χ2v) is 6.53. The third-order valence-corrected chi connectivity index (χ3v) is 4.47. The predicted molar refractivity (Wildman–Crippen MR) is 103 cm³/mol. The molecular weight excluding hydrogens is 324 g/mol. The van der Waals surface area contributed by atoms with Crippen molar-refractivity contribution in [3.8, 4) is 0 Å². The Labute approximate surface area is 151 Å². The Morgan fingerprint density at radius 3 is 2.58 bits per heavy atom. The van der Waals surface area contributed by atoms with Crippen LogP contribution >= 0.6 is 0 Å². The van der Waals surface area contributed by atoms with E-state index in [1.807, 2.05) is 37.5 Å². The van der Waals surface area contributed by atoms with Crippen LogP contribution in [0, 0.1) is 6.92 Å². The summed E-state index contributed by atoms with van der Waals surface area (Å²) in [6.45, 7) is 2.80. The highest BCUT2D eigenvalue weighted by Crippen LogP contribution is 2.23.